The monoisotopic (exact) mass is 309 g/mol. The van der Waals surface area contributed by atoms with Gasteiger partial charge < -0.3 is 10.5 Å². The van der Waals surface area contributed by atoms with E-state index in [1.165, 1.54) is 7.05 Å². The highest BCUT2D eigenvalue weighted by atomic mass is 16.6. The topological polar surface area (TPSA) is 138 Å². The van der Waals surface area contributed by atoms with Crippen LogP contribution in [0.2, 0.25) is 0 Å². The Hall–Kier alpha value is -2.98. The Morgan fingerprint density at radius 2 is 2.00 bits per heavy atom. The minimum Gasteiger partial charge on any atom is -0.442 e. The number of hydrogen-bond acceptors (Lipinski definition) is 7. The Bertz CT molecular complexity index is 801. The van der Waals surface area contributed by atoms with Crippen LogP contribution in [-0.2, 0) is 4.74 Å². The number of carbonyl (C=O) groups excluding carboxylic acids is 2. The zero-order valence-corrected chi connectivity index (χ0v) is 12.5. The second-order valence-corrected chi connectivity index (χ2v) is 5.42. The van der Waals surface area contributed by atoms with Crippen molar-refractivity contribution in [3.63, 3.8) is 0 Å². The fraction of sp³-hybridized carbons (Fsp3) is 0.455. The van der Waals surface area contributed by atoms with E-state index in [4.69, 9.17) is 10.5 Å². The molecule has 0 radical (unpaired) electrons. The van der Waals surface area contributed by atoms with Gasteiger partial charge in [0.05, 0.1) is 0 Å². The van der Waals surface area contributed by atoms with Crippen molar-refractivity contribution >= 4 is 17.6 Å². The molecule has 0 unspecified atom stereocenters. The molecule has 0 aliphatic carbocycles. The van der Waals surface area contributed by atoms with Crippen molar-refractivity contribution < 1.29 is 14.3 Å². The average Bonchev–Trinajstić information content (AvgIpc) is 2.81. The van der Waals surface area contributed by atoms with Gasteiger partial charge in [0.1, 0.15) is 11.9 Å². The molecule has 2 aromatic rings. The first-order valence-electron chi connectivity index (χ1n) is 6.21. The number of nitrogens with zero attached hydrogens (tertiary/aromatic N) is 6. The smallest absolute Gasteiger partial charge is 0.430 e. The number of fused-ring (bicyclic) bond motifs is 1. The second kappa shape index (κ2) is 5.09. The number of amides is 2. The maximum absolute atomic E-state index is 12.3. The highest BCUT2D eigenvalue weighted by molar-refractivity contribution is 5.96. The molecule has 0 atom stereocenters. The number of nitrogens with two attached hydrogens (primary N) is 1. The summed E-state index contributed by atoms with van der Waals surface area (Å²) >= 11 is 0. The molecule has 0 saturated carbocycles. The highest BCUT2D eigenvalue weighted by Crippen LogP contribution is 2.08. The lowest BCUT2D eigenvalue weighted by Gasteiger charge is -2.24. The first-order valence-corrected chi connectivity index (χ1v) is 6.21. The van der Waals surface area contributed by atoms with Gasteiger partial charge in [0.25, 0.3) is 5.91 Å². The van der Waals surface area contributed by atoms with E-state index in [-0.39, 0.29) is 11.3 Å². The summed E-state index contributed by atoms with van der Waals surface area (Å²) in [5.41, 5.74) is 3.35. The predicted molar refractivity (Wildman–Crippen MR) is 73.9 cm³/mol. The molecule has 22 heavy (non-hydrogen) atoms. The Morgan fingerprint density at radius 1 is 1.36 bits per heavy atom. The van der Waals surface area contributed by atoms with Crippen LogP contribution >= 0.6 is 0 Å². The molecule has 2 heterocycles. The number of carbonyl (C=O) groups is 2. The van der Waals surface area contributed by atoms with Crippen LogP contribution in [0, 0.1) is 0 Å². The van der Waals surface area contributed by atoms with E-state index in [2.05, 4.69) is 15.3 Å². The highest BCUT2D eigenvalue weighted by Gasteiger charge is 2.23. The van der Waals surface area contributed by atoms with Crippen molar-refractivity contribution in [1.29, 1.82) is 0 Å². The predicted octanol–water partition coefficient (Wildman–Crippen LogP) is -1.11. The van der Waals surface area contributed by atoms with Crippen LogP contribution in [0.5, 0.6) is 0 Å². The van der Waals surface area contributed by atoms with Gasteiger partial charge in [-0.2, -0.15) is 5.01 Å². The molecular formula is C11H15N7O4. The van der Waals surface area contributed by atoms with Gasteiger partial charge in [0, 0.05) is 7.05 Å². The quantitative estimate of drug-likeness (QED) is 0.742. The van der Waals surface area contributed by atoms with E-state index in [1.807, 2.05) is 0 Å². The third-order valence-electron chi connectivity index (χ3n) is 2.52. The summed E-state index contributed by atoms with van der Waals surface area (Å²) < 4.78 is 6.08. The SMILES string of the molecule is CN(C(=O)OC(C)(C)C)n1nnc2c(C(N)=O)ncn2c1=O. The standard InChI is InChI=1S/C11H15N7O4/c1-11(2,3)22-10(21)16(4)18-9(20)17-5-13-6(7(12)19)8(17)14-15-18/h5H,1-4H3,(H2,12,19). The van der Waals surface area contributed by atoms with Gasteiger partial charge in [-0.1, -0.05) is 4.79 Å². The molecule has 118 valence electrons. The fourth-order valence-corrected chi connectivity index (χ4v) is 1.56. The number of hydrogen-bond donors (Lipinski definition) is 1. The Balaban J connectivity index is 2.45. The van der Waals surface area contributed by atoms with Gasteiger partial charge in [0.2, 0.25) is 0 Å². The molecule has 0 saturated heterocycles. The lowest BCUT2D eigenvalue weighted by Crippen LogP contribution is -2.49. The van der Waals surface area contributed by atoms with E-state index >= 15 is 0 Å². The normalized spacial score (nSPS) is 11.5. The number of rotatable bonds is 2. The summed E-state index contributed by atoms with van der Waals surface area (Å²) in [4.78, 5) is 39.7. The minimum atomic E-state index is -0.838. The summed E-state index contributed by atoms with van der Waals surface area (Å²) in [6.07, 6.45) is 0.282. The van der Waals surface area contributed by atoms with E-state index in [9.17, 15) is 14.4 Å². The lowest BCUT2D eigenvalue weighted by atomic mass is 10.2. The maximum atomic E-state index is 12.3. The van der Waals surface area contributed by atoms with Gasteiger partial charge in [0.15, 0.2) is 11.3 Å². The molecular weight excluding hydrogens is 294 g/mol. The van der Waals surface area contributed by atoms with Crippen LogP contribution in [0.4, 0.5) is 4.79 Å². The van der Waals surface area contributed by atoms with Crippen molar-refractivity contribution in [3.05, 3.63) is 22.5 Å². The van der Waals surface area contributed by atoms with Crippen molar-refractivity contribution in [2.45, 2.75) is 26.4 Å². The van der Waals surface area contributed by atoms with Crippen LogP contribution in [0.1, 0.15) is 31.3 Å². The van der Waals surface area contributed by atoms with Gasteiger partial charge >= 0.3 is 11.8 Å². The van der Waals surface area contributed by atoms with Gasteiger partial charge in [-0.3, -0.25) is 4.79 Å². The molecule has 11 nitrogen and oxygen atoms in total. The number of aromatic nitrogens is 5. The first kappa shape index (κ1) is 15.4. The average molecular weight is 309 g/mol. The Morgan fingerprint density at radius 3 is 2.55 bits per heavy atom. The van der Waals surface area contributed by atoms with Gasteiger partial charge in [-0.25, -0.2) is 19.0 Å². The molecule has 0 spiro atoms. The van der Waals surface area contributed by atoms with Crippen LogP contribution in [0.25, 0.3) is 5.65 Å². The minimum absolute atomic E-state index is 0.0914. The van der Waals surface area contributed by atoms with Crippen LogP contribution in [0.3, 0.4) is 0 Å². The molecule has 2 rings (SSSR count). The van der Waals surface area contributed by atoms with Crippen molar-refractivity contribution in [1.82, 2.24) is 24.5 Å². The zero-order valence-electron chi connectivity index (χ0n) is 12.5. The summed E-state index contributed by atoms with van der Waals surface area (Å²) in [6, 6.07) is 0. The first-order chi connectivity index (χ1) is 10.1. The van der Waals surface area contributed by atoms with Crippen molar-refractivity contribution in [2.75, 3.05) is 12.1 Å². The summed E-state index contributed by atoms with van der Waals surface area (Å²) in [7, 11) is 1.29. The molecule has 2 aromatic heterocycles. The molecule has 0 aliphatic rings. The number of ether oxygens (including phenoxy) is 1. The number of primary amides is 1. The van der Waals surface area contributed by atoms with E-state index < -0.39 is 23.3 Å². The summed E-state index contributed by atoms with van der Waals surface area (Å²) in [5.74, 6) is -0.838. The molecule has 2 amide bonds. The largest absolute Gasteiger partial charge is 0.442 e. The van der Waals surface area contributed by atoms with Crippen molar-refractivity contribution in [2.24, 2.45) is 5.73 Å². The molecule has 0 aromatic carbocycles. The van der Waals surface area contributed by atoms with Crippen molar-refractivity contribution in [3.8, 4) is 0 Å². The zero-order chi connectivity index (χ0) is 16.7. The van der Waals surface area contributed by atoms with Crippen LogP contribution < -0.4 is 16.4 Å². The fourth-order valence-electron chi connectivity index (χ4n) is 1.56. The van der Waals surface area contributed by atoms with E-state index in [1.54, 1.807) is 20.8 Å². The molecule has 0 bridgehead atoms. The van der Waals surface area contributed by atoms with Gasteiger partial charge in [-0.05, 0) is 26.0 Å². The Labute approximate surface area is 124 Å². The van der Waals surface area contributed by atoms with E-state index in [0.29, 0.717) is 4.79 Å². The second-order valence-electron chi connectivity index (χ2n) is 5.42. The number of imidazole rings is 1. The molecule has 0 fully saturated rings. The molecule has 11 heteroatoms. The third kappa shape index (κ3) is 2.73. The van der Waals surface area contributed by atoms with Crippen LogP contribution in [0.15, 0.2) is 11.1 Å². The van der Waals surface area contributed by atoms with E-state index in [0.717, 1.165) is 15.7 Å². The lowest BCUT2D eigenvalue weighted by molar-refractivity contribution is 0.0538. The summed E-state index contributed by atoms with van der Waals surface area (Å²) in [6.45, 7) is 5.06. The summed E-state index contributed by atoms with van der Waals surface area (Å²) in [5, 5.41) is 8.12. The Kier molecular flexibility index (Phi) is 3.57. The molecule has 0 aliphatic heterocycles. The molecule has 2 N–H and O–H groups in total. The van der Waals surface area contributed by atoms with Crippen LogP contribution in [-0.4, -0.2) is 49.1 Å². The van der Waals surface area contributed by atoms with Gasteiger partial charge in [-0.15, -0.1) is 5.10 Å². The third-order valence-corrected chi connectivity index (χ3v) is 2.52. The maximum Gasteiger partial charge on any atom is 0.430 e.